The molecule has 0 aromatic rings. The van der Waals surface area contributed by atoms with Crippen LogP contribution in [0.5, 0.6) is 0 Å². The van der Waals surface area contributed by atoms with Gasteiger partial charge >= 0.3 is 0 Å². The van der Waals surface area contributed by atoms with Crippen LogP contribution in [0.15, 0.2) is 0 Å². The molecule has 0 atom stereocenters. The van der Waals surface area contributed by atoms with Gasteiger partial charge in [-0.15, -0.1) is 0 Å². The second-order valence-electron chi connectivity index (χ2n) is 7.50. The number of hydrogen-bond donors (Lipinski definition) is 1. The molecular formula is C17H34N2O. The minimum absolute atomic E-state index is 0.101. The van der Waals surface area contributed by atoms with Gasteiger partial charge in [0.05, 0.1) is 12.1 Å². The highest BCUT2D eigenvalue weighted by molar-refractivity contribution is 5.89. The molecule has 1 aliphatic rings. The number of Topliss-reactive ketones (excluding diaryl/α,β-unsaturated/α-hetero) is 1. The first-order valence-corrected chi connectivity index (χ1v) is 8.15. The van der Waals surface area contributed by atoms with E-state index in [1.807, 2.05) is 20.9 Å². The normalized spacial score (nSPS) is 19.1. The number of rotatable bonds is 6. The van der Waals surface area contributed by atoms with Crippen LogP contribution >= 0.6 is 0 Å². The van der Waals surface area contributed by atoms with E-state index in [4.69, 9.17) is 0 Å². The molecular weight excluding hydrogens is 248 g/mol. The lowest BCUT2D eigenvalue weighted by Crippen LogP contribution is -2.54. The van der Waals surface area contributed by atoms with Gasteiger partial charge in [0.25, 0.3) is 0 Å². The van der Waals surface area contributed by atoms with Gasteiger partial charge in [-0.1, -0.05) is 25.7 Å². The van der Waals surface area contributed by atoms with Crippen LogP contribution in [0.4, 0.5) is 0 Å². The van der Waals surface area contributed by atoms with Gasteiger partial charge in [0.1, 0.15) is 0 Å². The summed E-state index contributed by atoms with van der Waals surface area (Å²) in [5.41, 5.74) is -0.336. The molecule has 1 rings (SSSR count). The zero-order chi connectivity index (χ0) is 15.4. The van der Waals surface area contributed by atoms with Crippen molar-refractivity contribution in [2.75, 3.05) is 20.6 Å². The van der Waals surface area contributed by atoms with Crippen LogP contribution in [0, 0.1) is 5.92 Å². The Labute approximate surface area is 125 Å². The first kappa shape index (κ1) is 17.6. The zero-order valence-electron chi connectivity index (χ0n) is 14.4. The summed E-state index contributed by atoms with van der Waals surface area (Å²) in [5, 5.41) is 3.11. The van der Waals surface area contributed by atoms with E-state index in [9.17, 15) is 4.79 Å². The Bertz CT molecular complexity index is 315. The van der Waals surface area contributed by atoms with E-state index in [2.05, 4.69) is 31.1 Å². The lowest BCUT2D eigenvalue weighted by Gasteiger charge is -2.43. The number of carbonyl (C=O) groups excluding carboxylic acids is 1. The van der Waals surface area contributed by atoms with Crippen molar-refractivity contribution in [3.8, 4) is 0 Å². The minimum atomic E-state index is -0.437. The fourth-order valence-electron chi connectivity index (χ4n) is 3.05. The molecule has 3 nitrogen and oxygen atoms in total. The molecule has 1 aliphatic carbocycles. The lowest BCUT2D eigenvalue weighted by molar-refractivity contribution is -0.126. The molecule has 0 aromatic carbocycles. The fraction of sp³-hybridized carbons (Fsp3) is 0.941. The number of nitrogens with zero attached hydrogens (tertiary/aromatic N) is 1. The van der Waals surface area contributed by atoms with Crippen LogP contribution in [-0.2, 0) is 4.79 Å². The molecule has 118 valence electrons. The highest BCUT2D eigenvalue weighted by atomic mass is 16.1. The molecule has 3 heteroatoms. The van der Waals surface area contributed by atoms with E-state index in [0.717, 1.165) is 0 Å². The van der Waals surface area contributed by atoms with Crippen molar-refractivity contribution < 1.29 is 4.79 Å². The summed E-state index contributed by atoms with van der Waals surface area (Å²) in [5.74, 6) is 0.977. The second-order valence-corrected chi connectivity index (χ2v) is 7.50. The van der Waals surface area contributed by atoms with E-state index in [1.165, 1.54) is 38.5 Å². The highest BCUT2D eigenvalue weighted by Crippen LogP contribution is 2.34. The molecule has 0 heterocycles. The molecule has 0 aromatic heterocycles. The molecule has 0 radical (unpaired) electrons. The summed E-state index contributed by atoms with van der Waals surface area (Å²) < 4.78 is 0. The van der Waals surface area contributed by atoms with Crippen molar-refractivity contribution >= 4 is 5.78 Å². The molecule has 0 saturated heterocycles. The van der Waals surface area contributed by atoms with Crippen LogP contribution in [0.3, 0.4) is 0 Å². The molecule has 0 spiro atoms. The predicted octanol–water partition coefficient (Wildman–Crippen LogP) is 3.23. The highest BCUT2D eigenvalue weighted by Gasteiger charge is 2.36. The van der Waals surface area contributed by atoms with Gasteiger partial charge in [-0.05, 0) is 60.5 Å². The maximum atomic E-state index is 12.4. The maximum absolute atomic E-state index is 12.4. The number of hydrogen-bond acceptors (Lipinski definition) is 3. The molecule has 20 heavy (non-hydrogen) atoms. The van der Waals surface area contributed by atoms with E-state index >= 15 is 0 Å². The molecule has 0 bridgehead atoms. The third-order valence-corrected chi connectivity index (χ3v) is 5.54. The Balaban J connectivity index is 2.68. The van der Waals surface area contributed by atoms with E-state index < -0.39 is 5.54 Å². The van der Waals surface area contributed by atoms with Crippen molar-refractivity contribution in [3.05, 3.63) is 0 Å². The Kier molecular flexibility index (Phi) is 6.21. The monoisotopic (exact) mass is 282 g/mol. The van der Waals surface area contributed by atoms with Crippen molar-refractivity contribution in [2.45, 2.75) is 77.3 Å². The van der Waals surface area contributed by atoms with Crippen molar-refractivity contribution in [3.63, 3.8) is 0 Å². The predicted molar refractivity (Wildman–Crippen MR) is 86.0 cm³/mol. The van der Waals surface area contributed by atoms with Gasteiger partial charge < -0.3 is 5.32 Å². The first-order chi connectivity index (χ1) is 9.21. The number of likely N-dealkylation sites (N-methyl/N-ethyl adjacent to an activating group) is 2. The van der Waals surface area contributed by atoms with E-state index in [-0.39, 0.29) is 11.3 Å². The number of carbonyl (C=O) groups is 1. The molecule has 0 aliphatic heterocycles. The summed E-state index contributed by atoms with van der Waals surface area (Å²) in [6.07, 6.45) is 8.06. The largest absolute Gasteiger partial charge is 0.308 e. The van der Waals surface area contributed by atoms with E-state index in [1.54, 1.807) is 0 Å². The lowest BCUT2D eigenvalue weighted by atomic mass is 9.80. The standard InChI is InChI=1S/C17H34N2O/c1-16(2,18-5)15(20)13-19(6)17(3,4)14-11-9-7-8-10-12-14/h14,18H,7-13H2,1-6H3. The Morgan fingerprint density at radius 3 is 2.05 bits per heavy atom. The smallest absolute Gasteiger partial charge is 0.166 e. The second kappa shape index (κ2) is 7.04. The van der Waals surface area contributed by atoms with Gasteiger partial charge in [0, 0.05) is 5.54 Å². The van der Waals surface area contributed by atoms with Crippen LogP contribution in [-0.4, -0.2) is 42.4 Å². The van der Waals surface area contributed by atoms with Gasteiger partial charge in [-0.2, -0.15) is 0 Å². The van der Waals surface area contributed by atoms with Crippen LogP contribution in [0.2, 0.25) is 0 Å². The van der Waals surface area contributed by atoms with Crippen LogP contribution < -0.4 is 5.32 Å². The summed E-state index contributed by atoms with van der Waals surface area (Å²) in [7, 11) is 3.96. The van der Waals surface area contributed by atoms with E-state index in [0.29, 0.717) is 12.5 Å². The Morgan fingerprint density at radius 1 is 1.10 bits per heavy atom. The van der Waals surface area contributed by atoms with Crippen LogP contribution in [0.1, 0.15) is 66.2 Å². The van der Waals surface area contributed by atoms with Gasteiger partial charge in [-0.25, -0.2) is 0 Å². The molecule has 1 saturated carbocycles. The first-order valence-electron chi connectivity index (χ1n) is 8.15. The topological polar surface area (TPSA) is 32.3 Å². The summed E-state index contributed by atoms with van der Waals surface area (Å²) in [4.78, 5) is 14.7. The molecule has 0 unspecified atom stereocenters. The quantitative estimate of drug-likeness (QED) is 0.759. The molecule has 0 amide bonds. The fourth-order valence-corrected chi connectivity index (χ4v) is 3.05. The zero-order valence-corrected chi connectivity index (χ0v) is 14.4. The third kappa shape index (κ3) is 4.29. The number of nitrogens with one attached hydrogen (secondary N) is 1. The third-order valence-electron chi connectivity index (χ3n) is 5.54. The Morgan fingerprint density at radius 2 is 1.60 bits per heavy atom. The minimum Gasteiger partial charge on any atom is -0.308 e. The van der Waals surface area contributed by atoms with Gasteiger partial charge in [-0.3, -0.25) is 9.69 Å². The van der Waals surface area contributed by atoms with Crippen molar-refractivity contribution in [1.29, 1.82) is 0 Å². The summed E-state index contributed by atoms with van der Waals surface area (Å²) >= 11 is 0. The maximum Gasteiger partial charge on any atom is 0.166 e. The van der Waals surface area contributed by atoms with Crippen LogP contribution in [0.25, 0.3) is 0 Å². The molecule has 1 N–H and O–H groups in total. The van der Waals surface area contributed by atoms with Crippen molar-refractivity contribution in [1.82, 2.24) is 10.2 Å². The van der Waals surface area contributed by atoms with Crippen molar-refractivity contribution in [2.24, 2.45) is 5.92 Å². The summed E-state index contributed by atoms with van der Waals surface area (Å²) in [6.45, 7) is 9.06. The summed E-state index contributed by atoms with van der Waals surface area (Å²) in [6, 6.07) is 0. The molecule has 1 fully saturated rings. The number of ketones is 1. The Hall–Kier alpha value is -0.410. The SMILES string of the molecule is CNC(C)(C)C(=O)CN(C)C(C)(C)C1CCCCCC1. The van der Waals surface area contributed by atoms with Gasteiger partial charge in [0.15, 0.2) is 5.78 Å². The average Bonchev–Trinajstić information content (AvgIpc) is 2.67. The average molecular weight is 282 g/mol. The van der Waals surface area contributed by atoms with Gasteiger partial charge in [0.2, 0.25) is 0 Å².